The number of anilines is 2. The van der Waals surface area contributed by atoms with Gasteiger partial charge in [-0.3, -0.25) is 4.79 Å². The van der Waals surface area contributed by atoms with Crippen LogP contribution in [-0.4, -0.2) is 38.2 Å². The van der Waals surface area contributed by atoms with Gasteiger partial charge in [0, 0.05) is 24.7 Å². The van der Waals surface area contributed by atoms with E-state index in [0.29, 0.717) is 33.7 Å². The Balaban J connectivity index is 1.62. The summed E-state index contributed by atoms with van der Waals surface area (Å²) in [5.74, 6) is 0.0428. The first-order chi connectivity index (χ1) is 16.4. The number of aryl methyl sites for hydroxylation is 1. The Kier molecular flexibility index (Phi) is 5.49. The largest absolute Gasteiger partial charge is 0.497 e. The maximum absolute atomic E-state index is 13.5. The van der Waals surface area contributed by atoms with E-state index in [1.807, 2.05) is 38.1 Å². The number of ether oxygens (including phenoxy) is 2. The molecular formula is C25H23N3O5S. The third-order valence-electron chi connectivity index (χ3n) is 5.76. The van der Waals surface area contributed by atoms with Gasteiger partial charge < -0.3 is 24.1 Å². The molecule has 174 valence electrons. The van der Waals surface area contributed by atoms with E-state index in [4.69, 9.17) is 13.9 Å². The molecule has 0 bridgehead atoms. The predicted molar refractivity (Wildman–Crippen MR) is 132 cm³/mol. The van der Waals surface area contributed by atoms with E-state index in [0.717, 1.165) is 15.7 Å². The predicted octanol–water partition coefficient (Wildman–Crippen LogP) is 4.16. The Hall–Kier alpha value is -3.85. The molecule has 1 N–H and O–H groups in total. The molecule has 2 aromatic carbocycles. The molecule has 0 unspecified atom stereocenters. The lowest BCUT2D eigenvalue weighted by Gasteiger charge is -2.18. The van der Waals surface area contributed by atoms with E-state index in [1.54, 1.807) is 43.5 Å². The van der Waals surface area contributed by atoms with Gasteiger partial charge in [-0.05, 0) is 43.3 Å². The molecule has 1 aliphatic rings. The summed E-state index contributed by atoms with van der Waals surface area (Å²) in [6, 6.07) is 14.2. The Morgan fingerprint density at radius 1 is 1.15 bits per heavy atom. The fraction of sp³-hybridized carbons (Fsp3) is 0.240. The summed E-state index contributed by atoms with van der Waals surface area (Å²) in [6.45, 7) is 1.87. The van der Waals surface area contributed by atoms with Crippen molar-refractivity contribution in [3.05, 3.63) is 75.1 Å². The number of carbonyl (C=O) groups is 1. The first-order valence-electron chi connectivity index (χ1n) is 10.7. The first kappa shape index (κ1) is 22.0. The molecule has 1 amide bonds. The van der Waals surface area contributed by atoms with Gasteiger partial charge in [0.15, 0.2) is 11.2 Å². The lowest BCUT2D eigenvalue weighted by Crippen LogP contribution is -2.35. The van der Waals surface area contributed by atoms with Crippen LogP contribution >= 0.6 is 11.3 Å². The molecule has 34 heavy (non-hydrogen) atoms. The zero-order valence-electron chi connectivity index (χ0n) is 19.1. The number of rotatable bonds is 5. The van der Waals surface area contributed by atoms with Gasteiger partial charge in [0.05, 0.1) is 29.7 Å². The van der Waals surface area contributed by atoms with Crippen molar-refractivity contribution < 1.29 is 18.7 Å². The van der Waals surface area contributed by atoms with Crippen LogP contribution in [0, 0.1) is 6.92 Å². The quantitative estimate of drug-likeness (QED) is 0.431. The van der Waals surface area contributed by atoms with Crippen LogP contribution in [0.5, 0.6) is 11.5 Å². The van der Waals surface area contributed by atoms with Crippen molar-refractivity contribution >= 4 is 39.0 Å². The van der Waals surface area contributed by atoms with Crippen LogP contribution < -0.4 is 25.3 Å². The van der Waals surface area contributed by atoms with Crippen molar-refractivity contribution in [1.29, 1.82) is 0 Å². The van der Waals surface area contributed by atoms with Gasteiger partial charge in [-0.1, -0.05) is 12.1 Å². The number of nitrogens with one attached hydrogen (secondary N) is 1. The number of methoxy groups -OCH3 is 1. The second-order valence-electron chi connectivity index (χ2n) is 8.20. The van der Waals surface area contributed by atoms with Crippen LogP contribution in [0.3, 0.4) is 0 Å². The molecular weight excluding hydrogens is 454 g/mol. The third kappa shape index (κ3) is 3.67. The lowest BCUT2D eigenvalue weighted by atomic mass is 9.93. The van der Waals surface area contributed by atoms with Crippen molar-refractivity contribution in [2.75, 3.05) is 31.4 Å². The molecule has 9 heteroatoms. The number of thiazole rings is 1. The molecule has 0 aliphatic carbocycles. The van der Waals surface area contributed by atoms with Gasteiger partial charge in [-0.15, -0.1) is 11.3 Å². The number of hydrogen-bond acceptors (Lipinski definition) is 8. The van der Waals surface area contributed by atoms with Crippen LogP contribution in [0.4, 0.5) is 10.8 Å². The summed E-state index contributed by atoms with van der Waals surface area (Å²) in [4.78, 5) is 33.9. The maximum Gasteiger partial charge on any atom is 0.344 e. The second kappa shape index (κ2) is 8.49. The Morgan fingerprint density at radius 2 is 1.88 bits per heavy atom. The molecule has 0 saturated carbocycles. The fourth-order valence-electron chi connectivity index (χ4n) is 4.11. The van der Waals surface area contributed by atoms with Crippen LogP contribution in [-0.2, 0) is 4.79 Å². The summed E-state index contributed by atoms with van der Waals surface area (Å²) in [5, 5.41) is 4.34. The van der Waals surface area contributed by atoms with E-state index in [9.17, 15) is 9.59 Å². The Bertz CT molecular complexity index is 1440. The van der Waals surface area contributed by atoms with Gasteiger partial charge in [0.2, 0.25) is 0 Å². The second-order valence-corrected chi connectivity index (χ2v) is 9.21. The highest BCUT2D eigenvalue weighted by atomic mass is 32.1. The first-order valence-corrected chi connectivity index (χ1v) is 11.5. The van der Waals surface area contributed by atoms with Gasteiger partial charge >= 0.3 is 5.63 Å². The summed E-state index contributed by atoms with van der Waals surface area (Å²) >= 11 is 1.43. The number of carbonyl (C=O) groups excluding carboxylic acids is 1. The molecule has 2 atom stereocenters. The number of aromatic nitrogens is 1. The molecule has 3 heterocycles. The zero-order valence-corrected chi connectivity index (χ0v) is 19.9. The molecule has 1 aliphatic heterocycles. The Morgan fingerprint density at radius 3 is 2.56 bits per heavy atom. The number of amides is 1. The van der Waals surface area contributed by atoms with E-state index in [2.05, 4.69) is 10.3 Å². The fourth-order valence-corrected chi connectivity index (χ4v) is 5.24. The number of nitrogens with zero attached hydrogens (tertiary/aromatic N) is 2. The third-order valence-corrected chi connectivity index (χ3v) is 7.17. The average molecular weight is 478 g/mol. The minimum Gasteiger partial charge on any atom is -0.497 e. The van der Waals surface area contributed by atoms with E-state index < -0.39 is 17.6 Å². The highest BCUT2D eigenvalue weighted by Gasteiger charge is 2.46. The normalized spacial score (nSPS) is 16.7. The lowest BCUT2D eigenvalue weighted by molar-refractivity contribution is -0.122. The van der Waals surface area contributed by atoms with Crippen LogP contribution in [0.1, 0.15) is 22.1 Å². The van der Waals surface area contributed by atoms with Crippen molar-refractivity contribution in [2.24, 2.45) is 0 Å². The van der Waals surface area contributed by atoms with E-state index in [-0.39, 0.29) is 5.91 Å². The average Bonchev–Trinajstić information content (AvgIpc) is 3.41. The van der Waals surface area contributed by atoms with E-state index in [1.165, 1.54) is 11.3 Å². The molecule has 2 aromatic heterocycles. The standard InChI is InChI=1S/C25H23N3O5S/c1-13-22(34-25(26-13)28(2)3)18-19-20(16-7-5-6-8-17(16)32-24(19)30)33-21(18)23(29)27-14-9-11-15(31-4)12-10-14/h5-12,18,21H,1-4H3,(H,27,29)/t18-,21-/m0/s1. The number of para-hydroxylation sites is 1. The Labute approximate surface area is 199 Å². The summed E-state index contributed by atoms with van der Waals surface area (Å²) in [6.07, 6.45) is -0.972. The highest BCUT2D eigenvalue weighted by Crippen LogP contribution is 2.47. The monoisotopic (exact) mass is 477 g/mol. The highest BCUT2D eigenvalue weighted by molar-refractivity contribution is 7.15. The van der Waals surface area contributed by atoms with Gasteiger partial charge in [0.25, 0.3) is 5.91 Å². The number of hydrogen-bond donors (Lipinski definition) is 1. The minimum absolute atomic E-state index is 0.339. The summed E-state index contributed by atoms with van der Waals surface area (Å²) < 4.78 is 17.0. The van der Waals surface area contributed by atoms with Crippen molar-refractivity contribution in [2.45, 2.75) is 18.9 Å². The number of benzene rings is 2. The van der Waals surface area contributed by atoms with E-state index >= 15 is 0 Å². The minimum atomic E-state index is -0.972. The SMILES string of the molecule is COc1ccc(NC(=O)[C@H]2Oc3c(c(=O)oc4ccccc34)[C@@H]2c2sc(N(C)C)nc2C)cc1. The van der Waals surface area contributed by atoms with Crippen LogP contribution in [0.2, 0.25) is 0 Å². The van der Waals surface area contributed by atoms with Gasteiger partial charge in [0.1, 0.15) is 17.1 Å². The molecule has 4 aromatic rings. The van der Waals surface area contributed by atoms with Gasteiger partial charge in [-0.2, -0.15) is 0 Å². The summed E-state index contributed by atoms with van der Waals surface area (Å²) in [5.41, 5.74) is 1.57. The molecule has 0 saturated heterocycles. The van der Waals surface area contributed by atoms with Crippen molar-refractivity contribution in [1.82, 2.24) is 4.98 Å². The van der Waals surface area contributed by atoms with Crippen LogP contribution in [0.25, 0.3) is 11.0 Å². The molecule has 5 rings (SSSR count). The molecule has 0 fully saturated rings. The zero-order chi connectivity index (χ0) is 24.0. The number of fused-ring (bicyclic) bond motifs is 3. The van der Waals surface area contributed by atoms with Crippen LogP contribution in [0.15, 0.2) is 57.7 Å². The molecule has 8 nitrogen and oxygen atoms in total. The molecule has 0 spiro atoms. The maximum atomic E-state index is 13.5. The summed E-state index contributed by atoms with van der Waals surface area (Å²) in [7, 11) is 5.38. The van der Waals surface area contributed by atoms with Crippen molar-refractivity contribution in [3.8, 4) is 11.5 Å². The molecule has 0 radical (unpaired) electrons. The smallest absolute Gasteiger partial charge is 0.344 e. The van der Waals surface area contributed by atoms with Gasteiger partial charge in [-0.25, -0.2) is 9.78 Å². The topological polar surface area (TPSA) is 93.9 Å². The van der Waals surface area contributed by atoms with Crippen molar-refractivity contribution in [3.63, 3.8) is 0 Å².